The average Bonchev–Trinajstić information content (AvgIpc) is 2.96. The summed E-state index contributed by atoms with van der Waals surface area (Å²) >= 11 is 0. The number of nitrogens with zero attached hydrogens (tertiary/aromatic N) is 1. The van der Waals surface area contributed by atoms with Gasteiger partial charge >= 0.3 is 5.97 Å². The van der Waals surface area contributed by atoms with E-state index in [1.54, 1.807) is 11.8 Å². The molecule has 1 aromatic rings. The van der Waals surface area contributed by atoms with Gasteiger partial charge in [0.2, 0.25) is 5.91 Å². The smallest absolute Gasteiger partial charge is 0.326 e. The van der Waals surface area contributed by atoms with Crippen LogP contribution in [-0.4, -0.2) is 27.9 Å². The summed E-state index contributed by atoms with van der Waals surface area (Å²) in [5, 5.41) is 9.29. The van der Waals surface area contributed by atoms with E-state index in [1.807, 2.05) is 30.3 Å². The van der Waals surface area contributed by atoms with Crippen LogP contribution in [-0.2, 0) is 16.1 Å². The van der Waals surface area contributed by atoms with E-state index < -0.39 is 12.0 Å². The molecule has 0 saturated heterocycles. The first-order chi connectivity index (χ1) is 10.1. The van der Waals surface area contributed by atoms with Gasteiger partial charge in [-0.05, 0) is 37.2 Å². The summed E-state index contributed by atoms with van der Waals surface area (Å²) in [6.07, 6.45) is 3.47. The third kappa shape index (κ3) is 2.67. The molecular weight excluding hydrogens is 266 g/mol. The summed E-state index contributed by atoms with van der Waals surface area (Å²) in [6, 6.07) is 8.83. The van der Waals surface area contributed by atoms with Crippen LogP contribution in [0.2, 0.25) is 0 Å². The Hall–Kier alpha value is -1.84. The van der Waals surface area contributed by atoms with Gasteiger partial charge in [-0.3, -0.25) is 4.79 Å². The van der Waals surface area contributed by atoms with E-state index in [2.05, 4.69) is 0 Å². The molecule has 0 aromatic heterocycles. The maximum atomic E-state index is 12.7. The van der Waals surface area contributed by atoms with Crippen LogP contribution in [0.25, 0.3) is 0 Å². The van der Waals surface area contributed by atoms with Gasteiger partial charge in [-0.1, -0.05) is 36.8 Å². The first-order valence-corrected chi connectivity index (χ1v) is 7.67. The lowest BCUT2D eigenvalue weighted by molar-refractivity contribution is -0.151. The van der Waals surface area contributed by atoms with Gasteiger partial charge in [0.05, 0.1) is 0 Å². The van der Waals surface area contributed by atoms with E-state index in [1.165, 1.54) is 6.42 Å². The summed E-state index contributed by atoms with van der Waals surface area (Å²) in [4.78, 5) is 25.6. The van der Waals surface area contributed by atoms with E-state index in [0.717, 1.165) is 18.4 Å². The zero-order valence-electron chi connectivity index (χ0n) is 12.2. The average molecular weight is 287 g/mol. The molecule has 0 radical (unpaired) electrons. The van der Waals surface area contributed by atoms with Crippen LogP contribution in [0.5, 0.6) is 0 Å². The van der Waals surface area contributed by atoms with Crippen molar-refractivity contribution in [3.8, 4) is 0 Å². The van der Waals surface area contributed by atoms with Gasteiger partial charge in [0.25, 0.3) is 0 Å². The van der Waals surface area contributed by atoms with Crippen molar-refractivity contribution in [2.75, 3.05) is 0 Å². The van der Waals surface area contributed by atoms with E-state index in [4.69, 9.17) is 0 Å². The van der Waals surface area contributed by atoms with E-state index in [0.29, 0.717) is 18.4 Å². The molecular formula is C17H21NO3. The molecule has 112 valence electrons. The minimum absolute atomic E-state index is 0.0310. The molecule has 1 amide bonds. The standard InChI is InChI=1S/C17H21NO3/c1-11(17(20)21)18(10-12-6-3-2-4-7-12)16(19)15-13-8-5-9-14(13)15/h2-4,6-7,11,13-15H,5,8-10H2,1H3,(H,20,21). The summed E-state index contributed by atoms with van der Waals surface area (Å²) in [5.41, 5.74) is 0.977. The fraction of sp³-hybridized carbons (Fsp3) is 0.529. The Morgan fingerprint density at radius 1 is 1.24 bits per heavy atom. The second-order valence-corrected chi connectivity index (χ2v) is 6.25. The highest BCUT2D eigenvalue weighted by Crippen LogP contribution is 2.58. The summed E-state index contributed by atoms with van der Waals surface area (Å²) in [7, 11) is 0. The number of aliphatic carboxylic acids is 1. The number of hydrogen-bond donors (Lipinski definition) is 1. The van der Waals surface area contributed by atoms with Crippen LogP contribution < -0.4 is 0 Å². The van der Waals surface area contributed by atoms with E-state index in [9.17, 15) is 14.7 Å². The number of amides is 1. The van der Waals surface area contributed by atoms with Crippen LogP contribution in [0.4, 0.5) is 0 Å². The minimum atomic E-state index is -0.940. The number of carbonyl (C=O) groups is 2. The van der Waals surface area contributed by atoms with Crippen molar-refractivity contribution in [3.63, 3.8) is 0 Å². The van der Waals surface area contributed by atoms with Crippen molar-refractivity contribution in [2.45, 2.75) is 38.8 Å². The molecule has 21 heavy (non-hydrogen) atoms. The third-order valence-corrected chi connectivity index (χ3v) is 5.00. The number of carboxylic acid groups (broad SMARTS) is 1. The fourth-order valence-corrected chi connectivity index (χ4v) is 3.70. The summed E-state index contributed by atoms with van der Waals surface area (Å²) in [5.74, 6) is 0.186. The molecule has 2 aliphatic carbocycles. The first kappa shape index (κ1) is 14.1. The molecule has 3 unspecified atom stereocenters. The van der Waals surface area contributed by atoms with Crippen molar-refractivity contribution < 1.29 is 14.7 Å². The predicted molar refractivity (Wildman–Crippen MR) is 78.4 cm³/mol. The summed E-state index contributed by atoms with van der Waals surface area (Å²) in [6.45, 7) is 1.98. The molecule has 1 aromatic carbocycles. The van der Waals surface area contributed by atoms with Gasteiger partial charge in [0, 0.05) is 12.5 Å². The highest BCUT2D eigenvalue weighted by atomic mass is 16.4. The van der Waals surface area contributed by atoms with Gasteiger partial charge in [-0.25, -0.2) is 4.79 Å². The van der Waals surface area contributed by atoms with E-state index >= 15 is 0 Å². The molecule has 2 fully saturated rings. The molecule has 4 nitrogen and oxygen atoms in total. The Bertz CT molecular complexity index is 532. The Labute approximate surface area is 124 Å². The topological polar surface area (TPSA) is 57.6 Å². The maximum absolute atomic E-state index is 12.7. The Morgan fingerprint density at radius 3 is 2.43 bits per heavy atom. The number of benzene rings is 1. The lowest BCUT2D eigenvalue weighted by atomic mass is 10.1. The van der Waals surface area contributed by atoms with Crippen LogP contribution in [0.3, 0.4) is 0 Å². The quantitative estimate of drug-likeness (QED) is 0.905. The second kappa shape index (κ2) is 5.51. The zero-order chi connectivity index (χ0) is 15.0. The molecule has 4 heteroatoms. The van der Waals surface area contributed by atoms with Crippen LogP contribution in [0.15, 0.2) is 30.3 Å². The van der Waals surface area contributed by atoms with Gasteiger partial charge in [0.1, 0.15) is 6.04 Å². The third-order valence-electron chi connectivity index (χ3n) is 5.00. The van der Waals surface area contributed by atoms with E-state index in [-0.39, 0.29) is 11.8 Å². The normalized spacial score (nSPS) is 27.8. The number of carbonyl (C=O) groups excluding carboxylic acids is 1. The van der Waals surface area contributed by atoms with Crippen molar-refractivity contribution in [1.82, 2.24) is 4.90 Å². The summed E-state index contributed by atoms with van der Waals surface area (Å²) < 4.78 is 0. The van der Waals surface area contributed by atoms with Crippen molar-refractivity contribution >= 4 is 11.9 Å². The van der Waals surface area contributed by atoms with Gasteiger partial charge < -0.3 is 10.0 Å². The molecule has 3 rings (SSSR count). The second-order valence-electron chi connectivity index (χ2n) is 6.25. The lowest BCUT2D eigenvalue weighted by Gasteiger charge is -2.27. The predicted octanol–water partition coefficient (Wildman–Crippen LogP) is 2.53. The lowest BCUT2D eigenvalue weighted by Crippen LogP contribution is -2.44. The van der Waals surface area contributed by atoms with Crippen molar-refractivity contribution in [3.05, 3.63) is 35.9 Å². The Kier molecular flexibility index (Phi) is 3.70. The number of carboxylic acids is 1. The molecule has 2 saturated carbocycles. The first-order valence-electron chi connectivity index (χ1n) is 7.67. The molecule has 0 heterocycles. The highest BCUT2D eigenvalue weighted by Gasteiger charge is 2.58. The molecule has 0 spiro atoms. The molecule has 0 bridgehead atoms. The van der Waals surface area contributed by atoms with Crippen molar-refractivity contribution in [1.29, 1.82) is 0 Å². The van der Waals surface area contributed by atoms with Gasteiger partial charge in [-0.2, -0.15) is 0 Å². The number of rotatable bonds is 5. The minimum Gasteiger partial charge on any atom is -0.480 e. The van der Waals surface area contributed by atoms with Gasteiger partial charge in [-0.15, -0.1) is 0 Å². The Balaban J connectivity index is 1.76. The molecule has 1 N–H and O–H groups in total. The molecule has 2 aliphatic rings. The highest BCUT2D eigenvalue weighted by molar-refractivity contribution is 5.87. The van der Waals surface area contributed by atoms with Crippen LogP contribution in [0.1, 0.15) is 31.7 Å². The zero-order valence-corrected chi connectivity index (χ0v) is 12.2. The van der Waals surface area contributed by atoms with Crippen LogP contribution in [0, 0.1) is 17.8 Å². The van der Waals surface area contributed by atoms with Crippen LogP contribution >= 0.6 is 0 Å². The number of hydrogen-bond acceptors (Lipinski definition) is 2. The van der Waals surface area contributed by atoms with Gasteiger partial charge in [0.15, 0.2) is 0 Å². The monoisotopic (exact) mass is 287 g/mol. The molecule has 0 aliphatic heterocycles. The molecule has 3 atom stereocenters. The fourth-order valence-electron chi connectivity index (χ4n) is 3.70. The number of fused-ring (bicyclic) bond motifs is 1. The van der Waals surface area contributed by atoms with Crippen molar-refractivity contribution in [2.24, 2.45) is 17.8 Å². The SMILES string of the molecule is CC(C(=O)O)N(Cc1ccccc1)C(=O)C1C2CCCC21. The Morgan fingerprint density at radius 2 is 1.86 bits per heavy atom. The largest absolute Gasteiger partial charge is 0.480 e. The maximum Gasteiger partial charge on any atom is 0.326 e.